The average Bonchev–Trinajstić information content (AvgIpc) is 2.53. The summed E-state index contributed by atoms with van der Waals surface area (Å²) in [5.74, 6) is -1.18. The van der Waals surface area contributed by atoms with Crippen molar-refractivity contribution < 1.29 is 19.1 Å². The molecule has 0 aromatic heterocycles. The van der Waals surface area contributed by atoms with Gasteiger partial charge in [0, 0.05) is 23.0 Å². The van der Waals surface area contributed by atoms with Crippen molar-refractivity contribution in [2.45, 2.75) is 16.8 Å². The summed E-state index contributed by atoms with van der Waals surface area (Å²) in [4.78, 5) is 23.6. The minimum atomic E-state index is -0.960. The van der Waals surface area contributed by atoms with Crippen molar-refractivity contribution in [2.75, 3.05) is 0 Å². The number of benzene rings is 1. The topological polar surface area (TPSA) is 52.6 Å². The average molecular weight is 787 g/mol. The molecule has 0 amide bonds. The minimum Gasteiger partial charge on any atom is -0.434 e. The van der Waals surface area contributed by atoms with Crippen LogP contribution in [0.5, 0.6) is 5.75 Å². The fourth-order valence-corrected chi connectivity index (χ4v) is 4.69. The number of carbonyl (C=O) groups is 2. The van der Waals surface area contributed by atoms with Gasteiger partial charge in [0.1, 0.15) is 0 Å². The van der Waals surface area contributed by atoms with E-state index in [9.17, 15) is 9.59 Å². The molecule has 0 unspecified atom stereocenters. The molecule has 0 N–H and O–H groups in total. The van der Waals surface area contributed by atoms with E-state index in [1.54, 1.807) is 0 Å². The number of halogens is 7. The Hall–Kier alpha value is 1.26. The third-order valence-corrected chi connectivity index (χ3v) is 9.85. The standard InChI is InChI=1S/C13H7Br7O4/c1-2-13(19,20)24-6(22)4-3-5(21)23-12-10(17)8(15)7(14)9(16)11(12)18/h3-4H,2H2,1H3/b4-3+. The zero-order valence-electron chi connectivity index (χ0n) is 11.6. The SMILES string of the molecule is CCC(Br)(Br)OC(=O)/C=C/C(=O)Oc1c(Br)c(Br)c(Br)c(Br)c1Br. The largest absolute Gasteiger partial charge is 0.434 e. The molecular weight excluding hydrogens is 779 g/mol. The molecule has 0 atom stereocenters. The highest BCUT2D eigenvalue weighted by Gasteiger charge is 2.24. The van der Waals surface area contributed by atoms with Gasteiger partial charge in [-0.1, -0.05) is 6.92 Å². The molecular formula is C13H7Br7O4. The van der Waals surface area contributed by atoms with Crippen molar-refractivity contribution >= 4 is 123 Å². The van der Waals surface area contributed by atoms with Crippen molar-refractivity contribution in [1.82, 2.24) is 0 Å². The van der Waals surface area contributed by atoms with Crippen LogP contribution in [0.25, 0.3) is 0 Å². The molecule has 0 saturated carbocycles. The van der Waals surface area contributed by atoms with E-state index in [0.717, 1.165) is 16.6 Å². The van der Waals surface area contributed by atoms with Gasteiger partial charge in [-0.2, -0.15) is 0 Å². The van der Waals surface area contributed by atoms with E-state index >= 15 is 0 Å². The molecule has 11 heteroatoms. The van der Waals surface area contributed by atoms with E-state index in [1.807, 2.05) is 6.92 Å². The van der Waals surface area contributed by atoms with Gasteiger partial charge >= 0.3 is 11.9 Å². The van der Waals surface area contributed by atoms with Crippen molar-refractivity contribution in [2.24, 2.45) is 0 Å². The Labute approximate surface area is 197 Å². The lowest BCUT2D eigenvalue weighted by Gasteiger charge is -2.17. The van der Waals surface area contributed by atoms with E-state index < -0.39 is 15.4 Å². The summed E-state index contributed by atoms with van der Waals surface area (Å²) >= 11 is 23.2. The lowest BCUT2D eigenvalue weighted by Crippen LogP contribution is -2.19. The second-order valence-electron chi connectivity index (χ2n) is 4.07. The second-order valence-corrected chi connectivity index (χ2v) is 11.7. The van der Waals surface area contributed by atoms with Crippen LogP contribution in [0.15, 0.2) is 34.5 Å². The van der Waals surface area contributed by atoms with Crippen LogP contribution in [0.1, 0.15) is 13.3 Å². The molecule has 0 saturated heterocycles. The number of hydrogen-bond donors (Lipinski definition) is 0. The number of esters is 2. The van der Waals surface area contributed by atoms with Crippen LogP contribution < -0.4 is 4.74 Å². The first kappa shape index (κ1) is 23.3. The Balaban J connectivity index is 2.90. The molecule has 4 nitrogen and oxygen atoms in total. The molecule has 0 bridgehead atoms. The maximum atomic E-state index is 11.9. The lowest BCUT2D eigenvalue weighted by molar-refractivity contribution is -0.140. The van der Waals surface area contributed by atoms with Crippen LogP contribution in [0.4, 0.5) is 0 Å². The monoisotopic (exact) mass is 779 g/mol. The van der Waals surface area contributed by atoms with Gasteiger partial charge in [0.2, 0.25) is 3.42 Å². The predicted octanol–water partition coefficient (Wildman–Crippen LogP) is 7.36. The van der Waals surface area contributed by atoms with Crippen LogP contribution in [-0.2, 0) is 14.3 Å². The summed E-state index contributed by atoms with van der Waals surface area (Å²) in [6, 6.07) is 0. The highest BCUT2D eigenvalue weighted by atomic mass is 79.9. The molecule has 0 fully saturated rings. The number of rotatable bonds is 5. The zero-order valence-corrected chi connectivity index (χ0v) is 22.7. The maximum absolute atomic E-state index is 11.9. The van der Waals surface area contributed by atoms with E-state index in [4.69, 9.17) is 9.47 Å². The first-order valence-corrected chi connectivity index (χ1v) is 11.6. The highest BCUT2D eigenvalue weighted by molar-refractivity contribution is 9.25. The molecule has 0 aliphatic heterocycles. The smallest absolute Gasteiger partial charge is 0.336 e. The normalized spacial score (nSPS) is 11.7. The molecule has 0 heterocycles. The van der Waals surface area contributed by atoms with Gasteiger partial charge in [-0.25, -0.2) is 9.59 Å². The third kappa shape index (κ3) is 6.45. The lowest BCUT2D eigenvalue weighted by atomic mass is 10.3. The summed E-state index contributed by atoms with van der Waals surface area (Å²) in [6.07, 6.45) is 2.47. The van der Waals surface area contributed by atoms with Crippen molar-refractivity contribution in [3.8, 4) is 5.75 Å². The van der Waals surface area contributed by atoms with E-state index in [1.165, 1.54) is 0 Å². The fourth-order valence-electron chi connectivity index (χ4n) is 1.20. The van der Waals surface area contributed by atoms with Crippen molar-refractivity contribution in [3.05, 3.63) is 34.5 Å². The molecule has 0 aliphatic carbocycles. The first-order chi connectivity index (χ1) is 11.0. The maximum Gasteiger partial charge on any atom is 0.336 e. The third-order valence-electron chi connectivity index (χ3n) is 2.39. The Morgan fingerprint density at radius 1 is 0.875 bits per heavy atom. The van der Waals surface area contributed by atoms with Crippen LogP contribution in [0.2, 0.25) is 0 Å². The second kappa shape index (κ2) is 9.98. The quantitative estimate of drug-likeness (QED) is 0.0783. The molecule has 132 valence electrons. The van der Waals surface area contributed by atoms with E-state index in [0.29, 0.717) is 24.3 Å². The van der Waals surface area contributed by atoms with Gasteiger partial charge in [0.25, 0.3) is 0 Å². The van der Waals surface area contributed by atoms with Gasteiger partial charge in [-0.15, -0.1) is 0 Å². The van der Waals surface area contributed by atoms with E-state index in [2.05, 4.69) is 112 Å². The number of alkyl halides is 2. The summed E-state index contributed by atoms with van der Waals surface area (Å²) in [5.41, 5.74) is 0. The first-order valence-electron chi connectivity index (χ1n) is 6.02. The Kier molecular flexibility index (Phi) is 9.69. The summed E-state index contributed by atoms with van der Waals surface area (Å²) < 4.78 is 12.5. The Bertz CT molecular complexity index is 671. The molecule has 0 radical (unpaired) electrons. The number of hydrogen-bond acceptors (Lipinski definition) is 4. The van der Waals surface area contributed by atoms with Crippen LogP contribution >= 0.6 is 112 Å². The van der Waals surface area contributed by atoms with Gasteiger partial charge in [-0.05, 0) is 112 Å². The van der Waals surface area contributed by atoms with Crippen molar-refractivity contribution in [3.63, 3.8) is 0 Å². The zero-order chi connectivity index (χ0) is 18.7. The van der Waals surface area contributed by atoms with Crippen LogP contribution in [0, 0.1) is 0 Å². The molecule has 1 rings (SSSR count). The van der Waals surface area contributed by atoms with Gasteiger partial charge in [0.05, 0.1) is 17.9 Å². The Morgan fingerprint density at radius 2 is 1.29 bits per heavy atom. The van der Waals surface area contributed by atoms with Gasteiger partial charge in [0.15, 0.2) is 5.75 Å². The van der Waals surface area contributed by atoms with Crippen LogP contribution in [-0.4, -0.2) is 15.4 Å². The fraction of sp³-hybridized carbons (Fsp3) is 0.231. The molecule has 1 aromatic rings. The molecule has 0 spiro atoms. The van der Waals surface area contributed by atoms with Gasteiger partial charge < -0.3 is 9.47 Å². The molecule has 0 aliphatic rings. The predicted molar refractivity (Wildman–Crippen MR) is 117 cm³/mol. The molecule has 24 heavy (non-hydrogen) atoms. The number of ether oxygens (including phenoxy) is 2. The Morgan fingerprint density at radius 3 is 1.75 bits per heavy atom. The summed E-state index contributed by atoms with van der Waals surface area (Å²) in [6.45, 7) is 1.81. The highest BCUT2D eigenvalue weighted by Crippen LogP contribution is 2.48. The molecule has 1 aromatic carbocycles. The summed E-state index contributed by atoms with van der Waals surface area (Å²) in [5, 5.41) is 0. The van der Waals surface area contributed by atoms with Gasteiger partial charge in [-0.3, -0.25) is 0 Å². The van der Waals surface area contributed by atoms with E-state index in [-0.39, 0.29) is 5.75 Å². The summed E-state index contributed by atoms with van der Waals surface area (Å²) in [7, 11) is 0. The minimum absolute atomic E-state index is 0.254. The van der Waals surface area contributed by atoms with Crippen molar-refractivity contribution in [1.29, 1.82) is 0 Å². The van der Waals surface area contributed by atoms with Crippen LogP contribution in [0.3, 0.4) is 0 Å². The number of carbonyl (C=O) groups excluding carboxylic acids is 2.